The fourth-order valence-electron chi connectivity index (χ4n) is 4.06. The summed E-state index contributed by atoms with van der Waals surface area (Å²) in [4.78, 5) is 39.3. The minimum absolute atomic E-state index is 0.150. The molecule has 0 saturated carbocycles. The van der Waals surface area contributed by atoms with Crippen LogP contribution in [0.3, 0.4) is 0 Å². The standard InChI is InChI=1S/C26H32FNO6/c1-14-12-20(27)23(30)24-21(33-26(5,6)34-24)10-8-9-18-13-19(28(7)17(4)29)11-15(2)22(18)25(31)32-16(14)3/h8-9,11-14,16,21,24H,10H2,1-7H3/b9-8+,20-12+/t14-,16+,21-,24-/m1/s1. The number of rotatable bonds is 1. The molecule has 2 heterocycles. The highest BCUT2D eigenvalue weighted by molar-refractivity contribution is 5.99. The van der Waals surface area contributed by atoms with Crippen LogP contribution < -0.4 is 4.90 Å². The fraction of sp³-hybridized carbons (Fsp3) is 0.500. The first-order valence-electron chi connectivity index (χ1n) is 11.3. The molecule has 8 heteroatoms. The van der Waals surface area contributed by atoms with Crippen molar-refractivity contribution in [3.8, 4) is 0 Å². The average Bonchev–Trinajstić information content (AvgIpc) is 3.05. The number of halogens is 1. The van der Waals surface area contributed by atoms with Crippen molar-refractivity contribution in [1.29, 1.82) is 0 Å². The zero-order chi connectivity index (χ0) is 25.4. The number of hydrogen-bond donors (Lipinski definition) is 0. The Morgan fingerprint density at radius 3 is 2.50 bits per heavy atom. The largest absolute Gasteiger partial charge is 0.458 e. The summed E-state index contributed by atoms with van der Waals surface area (Å²) in [5.41, 5.74) is 2.18. The van der Waals surface area contributed by atoms with Crippen LogP contribution in [0.25, 0.3) is 6.08 Å². The molecule has 1 saturated heterocycles. The van der Waals surface area contributed by atoms with Crippen molar-refractivity contribution in [3.05, 3.63) is 46.8 Å². The van der Waals surface area contributed by atoms with Crippen molar-refractivity contribution in [2.45, 2.75) is 72.1 Å². The number of cyclic esters (lactones) is 1. The maximum atomic E-state index is 14.8. The number of aryl methyl sites for hydroxylation is 1. The summed E-state index contributed by atoms with van der Waals surface area (Å²) >= 11 is 0. The summed E-state index contributed by atoms with van der Waals surface area (Å²) in [6.45, 7) is 9.89. The third-order valence-corrected chi connectivity index (χ3v) is 6.20. The van der Waals surface area contributed by atoms with Crippen LogP contribution in [0.5, 0.6) is 0 Å². The van der Waals surface area contributed by atoms with E-state index < -0.39 is 47.6 Å². The Balaban J connectivity index is 2.11. The van der Waals surface area contributed by atoms with Gasteiger partial charge in [0.05, 0.1) is 11.7 Å². The number of esters is 1. The Morgan fingerprint density at radius 2 is 1.85 bits per heavy atom. The van der Waals surface area contributed by atoms with Crippen LogP contribution in [0.2, 0.25) is 0 Å². The predicted octanol–water partition coefficient (Wildman–Crippen LogP) is 4.52. The van der Waals surface area contributed by atoms with Crippen LogP contribution in [0.15, 0.2) is 30.1 Å². The summed E-state index contributed by atoms with van der Waals surface area (Å²) in [5.74, 6) is -4.06. The molecule has 2 aliphatic heterocycles. The number of Topliss-reactive ketones (excluding diaryl/α,β-unsaturated/α-hetero) is 1. The van der Waals surface area contributed by atoms with Gasteiger partial charge in [-0.3, -0.25) is 9.59 Å². The van der Waals surface area contributed by atoms with Gasteiger partial charge in [0.2, 0.25) is 11.7 Å². The number of nitrogens with zero attached hydrogens (tertiary/aromatic N) is 1. The monoisotopic (exact) mass is 473 g/mol. The van der Waals surface area contributed by atoms with Crippen LogP contribution >= 0.6 is 0 Å². The molecular weight excluding hydrogens is 441 g/mol. The van der Waals surface area contributed by atoms with Gasteiger partial charge in [0, 0.05) is 25.6 Å². The molecule has 0 aromatic heterocycles. The van der Waals surface area contributed by atoms with Crippen molar-refractivity contribution in [2.75, 3.05) is 11.9 Å². The summed E-state index contributed by atoms with van der Waals surface area (Å²) in [6, 6.07) is 3.48. The van der Waals surface area contributed by atoms with Crippen molar-refractivity contribution >= 4 is 29.4 Å². The smallest absolute Gasteiger partial charge is 0.339 e. The number of carbonyl (C=O) groups excluding carboxylic acids is 3. The maximum absolute atomic E-state index is 14.8. The summed E-state index contributed by atoms with van der Waals surface area (Å²) in [6.07, 6.45) is 2.39. The van der Waals surface area contributed by atoms with E-state index in [0.29, 0.717) is 22.4 Å². The second-order valence-corrected chi connectivity index (χ2v) is 9.39. The number of fused-ring (bicyclic) bond motifs is 2. The van der Waals surface area contributed by atoms with E-state index in [9.17, 15) is 18.8 Å². The van der Waals surface area contributed by atoms with E-state index in [1.54, 1.807) is 66.0 Å². The summed E-state index contributed by atoms with van der Waals surface area (Å²) in [7, 11) is 1.65. The molecule has 1 amide bonds. The second-order valence-electron chi connectivity index (χ2n) is 9.39. The van der Waals surface area contributed by atoms with Crippen LogP contribution in [0, 0.1) is 12.8 Å². The minimum atomic E-state index is -1.10. The highest BCUT2D eigenvalue weighted by Crippen LogP contribution is 2.33. The molecule has 34 heavy (non-hydrogen) atoms. The quantitative estimate of drug-likeness (QED) is 0.558. The number of benzene rings is 1. The molecule has 2 aliphatic rings. The normalized spacial score (nSPS) is 29.7. The Morgan fingerprint density at radius 1 is 1.18 bits per heavy atom. The molecule has 1 aromatic rings. The molecule has 0 spiro atoms. The Labute approximate surface area is 199 Å². The fourth-order valence-corrected chi connectivity index (χ4v) is 4.06. The van der Waals surface area contributed by atoms with Crippen molar-refractivity contribution in [3.63, 3.8) is 0 Å². The second kappa shape index (κ2) is 9.80. The molecule has 0 aliphatic carbocycles. The lowest BCUT2D eigenvalue weighted by Crippen LogP contribution is -2.32. The third kappa shape index (κ3) is 5.45. The van der Waals surface area contributed by atoms with Crippen LogP contribution in [0.1, 0.15) is 62.5 Å². The van der Waals surface area contributed by atoms with Gasteiger partial charge in [0.25, 0.3) is 0 Å². The number of ether oxygens (including phenoxy) is 3. The van der Waals surface area contributed by atoms with Crippen molar-refractivity contribution in [1.82, 2.24) is 0 Å². The summed E-state index contributed by atoms with van der Waals surface area (Å²) < 4.78 is 32.1. The van der Waals surface area contributed by atoms with Gasteiger partial charge in [-0.1, -0.05) is 19.1 Å². The molecule has 1 fully saturated rings. The molecule has 1 aromatic carbocycles. The van der Waals surface area contributed by atoms with E-state index in [0.717, 1.165) is 6.08 Å². The van der Waals surface area contributed by atoms with E-state index in [1.165, 1.54) is 11.8 Å². The number of anilines is 1. The Hall–Kier alpha value is -2.84. The molecule has 3 rings (SSSR count). The first-order chi connectivity index (χ1) is 15.8. The first-order valence-corrected chi connectivity index (χ1v) is 11.3. The van der Waals surface area contributed by atoms with Gasteiger partial charge < -0.3 is 19.1 Å². The number of hydrogen-bond acceptors (Lipinski definition) is 6. The van der Waals surface area contributed by atoms with Gasteiger partial charge in [-0.15, -0.1) is 0 Å². The molecule has 184 valence electrons. The lowest BCUT2D eigenvalue weighted by molar-refractivity contribution is -0.153. The number of ketones is 1. The van der Waals surface area contributed by atoms with Gasteiger partial charge >= 0.3 is 5.97 Å². The first kappa shape index (κ1) is 25.8. The Kier molecular flexibility index (Phi) is 7.43. The Bertz CT molecular complexity index is 1060. The topological polar surface area (TPSA) is 82.1 Å². The van der Waals surface area contributed by atoms with Gasteiger partial charge in [0.1, 0.15) is 6.10 Å². The van der Waals surface area contributed by atoms with E-state index in [2.05, 4.69) is 0 Å². The number of carbonyl (C=O) groups is 3. The summed E-state index contributed by atoms with van der Waals surface area (Å²) in [5, 5.41) is 0. The SMILES string of the molecule is CC(=O)N(C)c1cc(C)c2c(c1)/C=C/C[C@H]1OC(C)(C)O[C@H]1C(=O)/C(F)=C\[C@@H](C)[C@H](C)OC2=O. The zero-order valence-corrected chi connectivity index (χ0v) is 20.7. The van der Waals surface area contributed by atoms with Crippen LogP contribution in [-0.4, -0.2) is 48.8 Å². The van der Waals surface area contributed by atoms with Gasteiger partial charge in [-0.05, 0) is 63.5 Å². The van der Waals surface area contributed by atoms with Gasteiger partial charge in [-0.25, -0.2) is 9.18 Å². The molecule has 0 N–H and O–H groups in total. The van der Waals surface area contributed by atoms with E-state index in [-0.39, 0.29) is 12.3 Å². The van der Waals surface area contributed by atoms with E-state index in [4.69, 9.17) is 14.2 Å². The molecule has 7 nitrogen and oxygen atoms in total. The lowest BCUT2D eigenvalue weighted by atomic mass is 9.97. The predicted molar refractivity (Wildman–Crippen MR) is 126 cm³/mol. The zero-order valence-electron chi connectivity index (χ0n) is 20.7. The average molecular weight is 474 g/mol. The third-order valence-electron chi connectivity index (χ3n) is 6.20. The van der Waals surface area contributed by atoms with E-state index >= 15 is 0 Å². The molecule has 0 unspecified atom stereocenters. The van der Waals surface area contributed by atoms with Crippen molar-refractivity contribution in [2.24, 2.45) is 5.92 Å². The molecule has 0 radical (unpaired) electrons. The van der Waals surface area contributed by atoms with Crippen LogP contribution in [0.4, 0.5) is 10.1 Å². The maximum Gasteiger partial charge on any atom is 0.339 e. The number of amides is 1. The highest BCUT2D eigenvalue weighted by atomic mass is 19.1. The van der Waals surface area contributed by atoms with Crippen LogP contribution in [-0.2, 0) is 23.8 Å². The van der Waals surface area contributed by atoms with Crippen molar-refractivity contribution < 1.29 is 33.0 Å². The molecule has 0 bridgehead atoms. The van der Waals surface area contributed by atoms with Gasteiger partial charge in [-0.2, -0.15) is 0 Å². The highest BCUT2D eigenvalue weighted by Gasteiger charge is 2.45. The molecule has 4 atom stereocenters. The minimum Gasteiger partial charge on any atom is -0.458 e. The lowest BCUT2D eigenvalue weighted by Gasteiger charge is -2.22. The molecular formula is C26H32FNO6. The van der Waals surface area contributed by atoms with Gasteiger partial charge in [0.15, 0.2) is 17.7 Å². The van der Waals surface area contributed by atoms with E-state index in [1.807, 2.05) is 0 Å².